The van der Waals surface area contributed by atoms with Crippen LogP contribution in [-0.4, -0.2) is 48.4 Å². The average molecular weight is 503 g/mol. The number of amides is 1. The second-order valence-corrected chi connectivity index (χ2v) is 9.06. The lowest BCUT2D eigenvalue weighted by Gasteiger charge is -2.15. The summed E-state index contributed by atoms with van der Waals surface area (Å²) in [4.78, 5) is 33.7. The molecule has 208 valence electrons. The Labute approximate surface area is 214 Å². The monoisotopic (exact) mass is 502 g/mol. The van der Waals surface area contributed by atoms with E-state index in [0.29, 0.717) is 19.6 Å². The van der Waals surface area contributed by atoms with Gasteiger partial charge in [-0.05, 0) is 25.7 Å². The maximum Gasteiger partial charge on any atom is 0.405 e. The zero-order valence-electron chi connectivity index (χ0n) is 22.9. The van der Waals surface area contributed by atoms with Crippen molar-refractivity contribution in [3.63, 3.8) is 0 Å². The summed E-state index contributed by atoms with van der Waals surface area (Å²) < 4.78 is 10.2. The van der Waals surface area contributed by atoms with Crippen LogP contribution < -0.4 is 11.1 Å². The number of carbonyl (C=O) groups excluding carboxylic acids is 2. The minimum atomic E-state index is -1.18. The molecular formula is C27H54N2O6. The first kappa shape index (κ1) is 35.3. The van der Waals surface area contributed by atoms with E-state index in [9.17, 15) is 14.4 Å². The highest BCUT2D eigenvalue weighted by Gasteiger charge is 2.21. The molecule has 0 aliphatic heterocycles. The van der Waals surface area contributed by atoms with Crippen LogP contribution in [-0.2, 0) is 19.1 Å². The van der Waals surface area contributed by atoms with Crippen LogP contribution in [0.3, 0.4) is 0 Å². The molecular weight excluding hydrogens is 448 g/mol. The lowest BCUT2D eigenvalue weighted by atomic mass is 10.1. The smallest absolute Gasteiger partial charge is 0.405 e. The summed E-state index contributed by atoms with van der Waals surface area (Å²) in [5, 5.41) is 10.9. The molecule has 1 amide bonds. The highest BCUT2D eigenvalue weighted by molar-refractivity contribution is 5.80. The fraction of sp³-hybridized carbons (Fsp3) is 0.889. The van der Waals surface area contributed by atoms with Gasteiger partial charge in [-0.1, -0.05) is 105 Å². The molecule has 0 aromatic heterocycles. The first-order chi connectivity index (χ1) is 16.8. The quantitative estimate of drug-likeness (QED) is 0.123. The van der Waals surface area contributed by atoms with Gasteiger partial charge in [0.05, 0.1) is 13.2 Å². The predicted octanol–water partition coefficient (Wildman–Crippen LogP) is 6.34. The number of nitrogens with two attached hydrogens (primary N) is 1. The Hall–Kier alpha value is -1.83. The zero-order chi connectivity index (χ0) is 26.7. The van der Waals surface area contributed by atoms with E-state index in [1.165, 1.54) is 32.1 Å². The van der Waals surface area contributed by atoms with Crippen molar-refractivity contribution >= 4 is 18.0 Å². The first-order valence-corrected chi connectivity index (χ1v) is 13.9. The number of hydrogen-bond acceptors (Lipinski definition) is 6. The van der Waals surface area contributed by atoms with E-state index in [-0.39, 0.29) is 5.97 Å². The van der Waals surface area contributed by atoms with E-state index in [4.69, 9.17) is 20.3 Å². The molecule has 35 heavy (non-hydrogen) atoms. The number of carbonyl (C=O) groups is 3. The SMILES string of the molecule is CCCCCCCOC(=O)C(CCCC)NC(=O)O.CCCCCCCOC(=O)C(N)CCCC. The summed E-state index contributed by atoms with van der Waals surface area (Å²) in [7, 11) is 0. The first-order valence-electron chi connectivity index (χ1n) is 13.9. The van der Waals surface area contributed by atoms with Crippen LogP contribution in [0.2, 0.25) is 0 Å². The zero-order valence-corrected chi connectivity index (χ0v) is 22.9. The van der Waals surface area contributed by atoms with Gasteiger partial charge in [0.25, 0.3) is 0 Å². The third-order valence-electron chi connectivity index (χ3n) is 5.58. The second-order valence-electron chi connectivity index (χ2n) is 9.06. The van der Waals surface area contributed by atoms with Gasteiger partial charge in [-0.25, -0.2) is 9.59 Å². The van der Waals surface area contributed by atoms with Crippen LogP contribution in [0.1, 0.15) is 130 Å². The Kier molecular flexibility index (Phi) is 27.0. The maximum absolute atomic E-state index is 11.7. The van der Waals surface area contributed by atoms with Gasteiger partial charge in [0.15, 0.2) is 0 Å². The summed E-state index contributed by atoms with van der Waals surface area (Å²) in [6, 6.07) is -1.15. The minimum absolute atomic E-state index is 0.232. The molecule has 0 aromatic carbocycles. The number of carboxylic acid groups (broad SMARTS) is 1. The molecule has 0 heterocycles. The summed E-state index contributed by atoms with van der Waals surface area (Å²) in [6.07, 6.45) is 15.1. The van der Waals surface area contributed by atoms with Crippen molar-refractivity contribution in [2.24, 2.45) is 5.73 Å². The third-order valence-corrected chi connectivity index (χ3v) is 5.58. The fourth-order valence-electron chi connectivity index (χ4n) is 3.31. The molecule has 0 saturated carbocycles. The summed E-state index contributed by atoms with van der Waals surface area (Å²) in [5.74, 6) is -0.685. The Morgan fingerprint density at radius 1 is 0.657 bits per heavy atom. The van der Waals surface area contributed by atoms with Crippen molar-refractivity contribution in [2.45, 2.75) is 143 Å². The van der Waals surface area contributed by atoms with Crippen LogP contribution in [0.25, 0.3) is 0 Å². The van der Waals surface area contributed by atoms with Gasteiger partial charge in [-0.15, -0.1) is 0 Å². The molecule has 2 atom stereocenters. The van der Waals surface area contributed by atoms with Gasteiger partial charge >= 0.3 is 18.0 Å². The standard InChI is InChI=1S/C14H27NO4.C13H27NO2/c1-3-5-7-8-9-11-19-13(16)12(10-6-4-2)15-14(17)18;1-3-5-7-8-9-11-16-13(15)12(14)10-6-4-2/h12,15H,3-11H2,1-2H3,(H,17,18);12H,3-11,14H2,1-2H3. The molecule has 0 aliphatic carbocycles. The van der Waals surface area contributed by atoms with E-state index in [2.05, 4.69) is 26.1 Å². The van der Waals surface area contributed by atoms with Gasteiger partial charge in [0, 0.05) is 0 Å². The van der Waals surface area contributed by atoms with Crippen molar-refractivity contribution in [3.05, 3.63) is 0 Å². The normalized spacial score (nSPS) is 12.1. The van der Waals surface area contributed by atoms with Crippen molar-refractivity contribution < 1.29 is 29.0 Å². The van der Waals surface area contributed by atoms with Crippen molar-refractivity contribution in [3.8, 4) is 0 Å². The van der Waals surface area contributed by atoms with Gasteiger partial charge in [-0.2, -0.15) is 0 Å². The van der Waals surface area contributed by atoms with Crippen LogP contribution in [0, 0.1) is 0 Å². The van der Waals surface area contributed by atoms with E-state index in [1.54, 1.807) is 0 Å². The lowest BCUT2D eigenvalue weighted by Crippen LogP contribution is -2.41. The largest absolute Gasteiger partial charge is 0.465 e. The molecule has 0 saturated heterocycles. The number of unbranched alkanes of at least 4 members (excludes halogenated alkanes) is 10. The van der Waals surface area contributed by atoms with Crippen molar-refractivity contribution in [2.75, 3.05) is 13.2 Å². The van der Waals surface area contributed by atoms with E-state index in [0.717, 1.165) is 64.2 Å². The summed E-state index contributed by atoms with van der Waals surface area (Å²) in [6.45, 7) is 9.33. The Balaban J connectivity index is 0. The Morgan fingerprint density at radius 2 is 1.09 bits per heavy atom. The van der Waals surface area contributed by atoms with Gasteiger partial charge in [0.1, 0.15) is 12.1 Å². The van der Waals surface area contributed by atoms with Crippen LogP contribution in [0.15, 0.2) is 0 Å². The summed E-state index contributed by atoms with van der Waals surface area (Å²) >= 11 is 0. The van der Waals surface area contributed by atoms with Crippen LogP contribution >= 0.6 is 0 Å². The van der Waals surface area contributed by atoms with E-state index >= 15 is 0 Å². The number of nitrogens with one attached hydrogen (secondary N) is 1. The maximum atomic E-state index is 11.7. The molecule has 0 aliphatic rings. The second kappa shape index (κ2) is 26.8. The van der Waals surface area contributed by atoms with Crippen LogP contribution in [0.5, 0.6) is 0 Å². The number of rotatable bonds is 21. The molecule has 8 nitrogen and oxygen atoms in total. The molecule has 0 aromatic rings. The minimum Gasteiger partial charge on any atom is -0.465 e. The highest BCUT2D eigenvalue weighted by atomic mass is 16.5. The van der Waals surface area contributed by atoms with Crippen molar-refractivity contribution in [1.82, 2.24) is 5.32 Å². The molecule has 0 radical (unpaired) electrons. The highest BCUT2D eigenvalue weighted by Crippen LogP contribution is 2.06. The number of ether oxygens (including phenoxy) is 2. The average Bonchev–Trinajstić information content (AvgIpc) is 2.84. The molecule has 0 fully saturated rings. The van der Waals surface area contributed by atoms with Crippen LogP contribution in [0.4, 0.5) is 4.79 Å². The molecule has 0 rings (SSSR count). The van der Waals surface area contributed by atoms with Gasteiger partial charge in [-0.3, -0.25) is 4.79 Å². The Bertz CT molecular complexity index is 516. The molecule has 0 bridgehead atoms. The number of esters is 2. The summed E-state index contributed by atoms with van der Waals surface area (Å²) in [5.41, 5.74) is 5.69. The van der Waals surface area contributed by atoms with E-state index in [1.807, 2.05) is 6.92 Å². The third kappa shape index (κ3) is 25.1. The molecule has 2 unspecified atom stereocenters. The lowest BCUT2D eigenvalue weighted by molar-refractivity contribution is -0.146. The molecule has 4 N–H and O–H groups in total. The predicted molar refractivity (Wildman–Crippen MR) is 141 cm³/mol. The molecule has 8 heteroatoms. The molecule has 0 spiro atoms. The topological polar surface area (TPSA) is 128 Å². The van der Waals surface area contributed by atoms with E-state index < -0.39 is 24.1 Å². The van der Waals surface area contributed by atoms with Gasteiger partial charge < -0.3 is 25.6 Å². The number of hydrogen-bond donors (Lipinski definition) is 3. The van der Waals surface area contributed by atoms with Gasteiger partial charge in [0.2, 0.25) is 0 Å². The Morgan fingerprint density at radius 3 is 1.54 bits per heavy atom. The fourth-order valence-corrected chi connectivity index (χ4v) is 3.31. The van der Waals surface area contributed by atoms with Crippen molar-refractivity contribution in [1.29, 1.82) is 0 Å².